The first-order valence-corrected chi connectivity index (χ1v) is 4.20. The number of nitrogens with zero attached hydrogens (tertiary/aromatic N) is 3. The largest absolute Gasteiger partial charge is 0.476 e. The molecule has 0 fully saturated rings. The van der Waals surface area contributed by atoms with Gasteiger partial charge in [-0.3, -0.25) is 0 Å². The Balaban J connectivity index is 2.68. The molecule has 0 saturated carbocycles. The van der Waals surface area contributed by atoms with Crippen LogP contribution in [-0.4, -0.2) is 25.7 Å². The first-order valence-electron chi connectivity index (χ1n) is 3.41. The molecular formula is C7H4BrN3O2. The molecule has 0 aromatic carbocycles. The third kappa shape index (κ3) is 1.40. The van der Waals surface area contributed by atoms with Gasteiger partial charge in [-0.1, -0.05) is 0 Å². The minimum absolute atomic E-state index is 0.00870. The smallest absolute Gasteiger partial charge is 0.356 e. The maximum atomic E-state index is 10.5. The number of carboxylic acids is 1. The monoisotopic (exact) mass is 241 g/mol. The first kappa shape index (κ1) is 8.18. The van der Waals surface area contributed by atoms with Crippen LogP contribution in [0.15, 0.2) is 22.9 Å². The Morgan fingerprint density at radius 1 is 1.62 bits per heavy atom. The van der Waals surface area contributed by atoms with E-state index < -0.39 is 5.97 Å². The van der Waals surface area contributed by atoms with Crippen molar-refractivity contribution in [3.63, 3.8) is 0 Å². The van der Waals surface area contributed by atoms with Crippen LogP contribution in [0.25, 0.3) is 5.65 Å². The second-order valence-electron chi connectivity index (χ2n) is 2.41. The summed E-state index contributed by atoms with van der Waals surface area (Å²) in [6.07, 6.45) is 2.93. The number of aromatic nitrogens is 3. The number of aromatic carboxylic acids is 1. The number of carboxylic acid groups (broad SMARTS) is 1. The van der Waals surface area contributed by atoms with E-state index in [9.17, 15) is 4.79 Å². The molecule has 6 heteroatoms. The molecular weight excluding hydrogens is 238 g/mol. The van der Waals surface area contributed by atoms with Crippen LogP contribution in [0.2, 0.25) is 0 Å². The molecule has 5 nitrogen and oxygen atoms in total. The quantitative estimate of drug-likeness (QED) is 0.815. The molecule has 0 spiro atoms. The van der Waals surface area contributed by atoms with Crippen LogP contribution in [0.1, 0.15) is 10.5 Å². The van der Waals surface area contributed by atoms with Gasteiger partial charge in [0.1, 0.15) is 0 Å². The molecule has 2 aromatic rings. The Kier molecular flexibility index (Phi) is 1.77. The average Bonchev–Trinajstić information content (AvgIpc) is 2.46. The van der Waals surface area contributed by atoms with Gasteiger partial charge in [-0.15, -0.1) is 0 Å². The molecule has 2 heterocycles. The van der Waals surface area contributed by atoms with Crippen molar-refractivity contribution < 1.29 is 9.90 Å². The third-order valence-corrected chi connectivity index (χ3v) is 1.94. The van der Waals surface area contributed by atoms with Crippen LogP contribution in [-0.2, 0) is 0 Å². The molecule has 2 aromatic heterocycles. The Morgan fingerprint density at radius 2 is 2.38 bits per heavy atom. The fourth-order valence-electron chi connectivity index (χ4n) is 0.957. The van der Waals surface area contributed by atoms with Crippen LogP contribution < -0.4 is 0 Å². The third-order valence-electron chi connectivity index (χ3n) is 1.51. The minimum atomic E-state index is -1.05. The van der Waals surface area contributed by atoms with E-state index in [2.05, 4.69) is 26.0 Å². The maximum Gasteiger partial charge on any atom is 0.356 e. The zero-order valence-electron chi connectivity index (χ0n) is 6.31. The second kappa shape index (κ2) is 2.81. The van der Waals surface area contributed by atoms with Crippen molar-refractivity contribution in [2.24, 2.45) is 0 Å². The summed E-state index contributed by atoms with van der Waals surface area (Å²) in [6.45, 7) is 0. The Labute approximate surface area is 81.1 Å². The number of hydrogen-bond donors (Lipinski definition) is 1. The molecule has 2 rings (SSSR count). The van der Waals surface area contributed by atoms with E-state index in [0.29, 0.717) is 5.65 Å². The van der Waals surface area contributed by atoms with Gasteiger partial charge in [0.05, 0.1) is 12.4 Å². The molecule has 13 heavy (non-hydrogen) atoms. The summed E-state index contributed by atoms with van der Waals surface area (Å²) in [7, 11) is 0. The molecule has 1 N–H and O–H groups in total. The van der Waals surface area contributed by atoms with E-state index >= 15 is 0 Å². The SMILES string of the molecule is O=C(O)c1cn2ncc(Br)cc2n1. The van der Waals surface area contributed by atoms with Crippen LogP contribution in [0.5, 0.6) is 0 Å². The zero-order chi connectivity index (χ0) is 9.42. The topological polar surface area (TPSA) is 67.5 Å². The Bertz CT molecular complexity index is 480. The number of halogens is 1. The van der Waals surface area contributed by atoms with Crippen molar-refractivity contribution in [2.45, 2.75) is 0 Å². The number of imidazole rings is 1. The fourth-order valence-corrected chi connectivity index (χ4v) is 1.25. The number of carbonyl (C=O) groups is 1. The molecule has 0 aliphatic heterocycles. The van der Waals surface area contributed by atoms with Gasteiger partial charge in [-0.05, 0) is 22.0 Å². The van der Waals surface area contributed by atoms with Crippen LogP contribution in [0, 0.1) is 0 Å². The van der Waals surface area contributed by atoms with E-state index in [-0.39, 0.29) is 5.69 Å². The van der Waals surface area contributed by atoms with Gasteiger partial charge in [0.15, 0.2) is 11.3 Å². The van der Waals surface area contributed by atoms with Gasteiger partial charge in [-0.25, -0.2) is 14.3 Å². The van der Waals surface area contributed by atoms with Crippen molar-refractivity contribution >= 4 is 27.5 Å². The van der Waals surface area contributed by atoms with Crippen molar-refractivity contribution in [1.82, 2.24) is 14.6 Å². The molecule has 0 aliphatic rings. The van der Waals surface area contributed by atoms with Gasteiger partial charge < -0.3 is 5.11 Å². The predicted molar refractivity (Wildman–Crippen MR) is 47.6 cm³/mol. The number of rotatable bonds is 1. The normalized spacial score (nSPS) is 10.5. The van der Waals surface area contributed by atoms with E-state index in [1.54, 1.807) is 12.3 Å². The lowest BCUT2D eigenvalue weighted by molar-refractivity contribution is 0.0691. The molecule has 66 valence electrons. The van der Waals surface area contributed by atoms with Gasteiger partial charge in [-0.2, -0.15) is 5.10 Å². The summed E-state index contributed by atoms with van der Waals surface area (Å²) in [5.74, 6) is -1.05. The fraction of sp³-hybridized carbons (Fsp3) is 0. The highest BCUT2D eigenvalue weighted by Crippen LogP contribution is 2.10. The molecule has 0 bridgehead atoms. The van der Waals surface area contributed by atoms with Gasteiger partial charge in [0, 0.05) is 4.47 Å². The minimum Gasteiger partial charge on any atom is -0.476 e. The highest BCUT2D eigenvalue weighted by molar-refractivity contribution is 9.10. The lowest BCUT2D eigenvalue weighted by Gasteiger charge is -1.89. The van der Waals surface area contributed by atoms with Crippen molar-refractivity contribution in [3.8, 4) is 0 Å². The second-order valence-corrected chi connectivity index (χ2v) is 3.32. The van der Waals surface area contributed by atoms with E-state index in [1.165, 1.54) is 10.7 Å². The van der Waals surface area contributed by atoms with Crippen LogP contribution >= 0.6 is 15.9 Å². The summed E-state index contributed by atoms with van der Waals surface area (Å²) in [4.78, 5) is 14.4. The molecule has 0 saturated heterocycles. The number of hydrogen-bond acceptors (Lipinski definition) is 3. The summed E-state index contributed by atoms with van der Waals surface area (Å²) in [6, 6.07) is 1.69. The van der Waals surface area contributed by atoms with E-state index in [0.717, 1.165) is 4.47 Å². The Morgan fingerprint density at radius 3 is 3.08 bits per heavy atom. The highest BCUT2D eigenvalue weighted by atomic mass is 79.9. The van der Waals surface area contributed by atoms with Gasteiger partial charge in [0.25, 0.3) is 0 Å². The molecule has 0 amide bonds. The van der Waals surface area contributed by atoms with Crippen LogP contribution in [0.4, 0.5) is 0 Å². The summed E-state index contributed by atoms with van der Waals surface area (Å²) < 4.78 is 2.18. The van der Waals surface area contributed by atoms with E-state index in [1.807, 2.05) is 0 Å². The maximum absolute atomic E-state index is 10.5. The average molecular weight is 242 g/mol. The lowest BCUT2D eigenvalue weighted by Crippen LogP contribution is -1.95. The lowest BCUT2D eigenvalue weighted by atomic mass is 10.5. The molecule has 0 atom stereocenters. The van der Waals surface area contributed by atoms with Crippen LogP contribution in [0.3, 0.4) is 0 Å². The molecule has 0 radical (unpaired) electrons. The standard InChI is InChI=1S/C7H4BrN3O2/c8-4-1-6-10-5(7(12)13)3-11(6)9-2-4/h1-3H,(H,12,13). The summed E-state index contributed by atoms with van der Waals surface area (Å²) in [5.41, 5.74) is 0.498. The highest BCUT2D eigenvalue weighted by Gasteiger charge is 2.08. The first-order chi connectivity index (χ1) is 6.16. The zero-order valence-corrected chi connectivity index (χ0v) is 7.89. The van der Waals surface area contributed by atoms with Crippen molar-refractivity contribution in [1.29, 1.82) is 0 Å². The predicted octanol–water partition coefficient (Wildman–Crippen LogP) is 1.19. The summed E-state index contributed by atoms with van der Waals surface area (Å²) >= 11 is 3.22. The Hall–Kier alpha value is -1.43. The number of fused-ring (bicyclic) bond motifs is 1. The van der Waals surface area contributed by atoms with Gasteiger partial charge >= 0.3 is 5.97 Å². The van der Waals surface area contributed by atoms with Crippen molar-refractivity contribution in [3.05, 3.63) is 28.6 Å². The van der Waals surface area contributed by atoms with Gasteiger partial charge in [0.2, 0.25) is 0 Å². The summed E-state index contributed by atoms with van der Waals surface area (Å²) in [5, 5.41) is 12.6. The van der Waals surface area contributed by atoms with Crippen molar-refractivity contribution in [2.75, 3.05) is 0 Å². The van der Waals surface area contributed by atoms with E-state index in [4.69, 9.17) is 5.11 Å². The molecule has 0 aliphatic carbocycles. The molecule has 0 unspecified atom stereocenters.